The standard InChI is InChI=1S/C15H21F3N2O2/c1-10(15(16,17)18)20-5-4-11(9-20)19-12-6-13(21-2)8-14(7-12)22-3/h6-8,10-11,19H,4-5,9H2,1-3H3/t10?,11-/m1/s1. The molecule has 2 rings (SSSR count). The largest absolute Gasteiger partial charge is 0.497 e. The third kappa shape index (κ3) is 3.97. The van der Waals surface area contributed by atoms with E-state index >= 15 is 0 Å². The zero-order chi connectivity index (χ0) is 16.3. The molecule has 1 fully saturated rings. The van der Waals surface area contributed by atoms with Crippen LogP contribution in [-0.2, 0) is 0 Å². The second kappa shape index (κ2) is 6.64. The van der Waals surface area contributed by atoms with Crippen LogP contribution in [0.5, 0.6) is 11.5 Å². The molecule has 1 aliphatic heterocycles. The van der Waals surface area contributed by atoms with Gasteiger partial charge in [0.1, 0.15) is 17.5 Å². The smallest absolute Gasteiger partial charge is 0.403 e. The van der Waals surface area contributed by atoms with Crippen molar-refractivity contribution in [1.82, 2.24) is 4.90 Å². The Bertz CT molecular complexity index is 486. The van der Waals surface area contributed by atoms with Crippen molar-refractivity contribution in [2.75, 3.05) is 32.6 Å². The molecule has 1 aliphatic rings. The molecule has 0 spiro atoms. The molecule has 7 heteroatoms. The molecule has 0 saturated carbocycles. The fraction of sp³-hybridized carbons (Fsp3) is 0.600. The van der Waals surface area contributed by atoms with E-state index in [1.54, 1.807) is 32.4 Å². The highest BCUT2D eigenvalue weighted by Gasteiger charge is 2.42. The number of ether oxygens (including phenoxy) is 2. The number of alkyl halides is 3. The lowest BCUT2D eigenvalue weighted by Gasteiger charge is -2.26. The quantitative estimate of drug-likeness (QED) is 0.904. The van der Waals surface area contributed by atoms with Crippen LogP contribution in [0.2, 0.25) is 0 Å². The summed E-state index contributed by atoms with van der Waals surface area (Å²) >= 11 is 0. The van der Waals surface area contributed by atoms with Crippen molar-refractivity contribution in [3.63, 3.8) is 0 Å². The van der Waals surface area contributed by atoms with Gasteiger partial charge in [-0.1, -0.05) is 0 Å². The maximum absolute atomic E-state index is 12.8. The summed E-state index contributed by atoms with van der Waals surface area (Å²) in [5, 5.41) is 3.26. The monoisotopic (exact) mass is 318 g/mol. The topological polar surface area (TPSA) is 33.7 Å². The lowest BCUT2D eigenvalue weighted by molar-refractivity contribution is -0.175. The van der Waals surface area contributed by atoms with Crippen molar-refractivity contribution in [3.05, 3.63) is 18.2 Å². The summed E-state index contributed by atoms with van der Waals surface area (Å²) in [6.45, 7) is 2.00. The molecular formula is C15H21F3N2O2. The fourth-order valence-electron chi connectivity index (χ4n) is 2.59. The summed E-state index contributed by atoms with van der Waals surface area (Å²) in [5.41, 5.74) is 0.780. The van der Waals surface area contributed by atoms with Crippen LogP contribution in [0.15, 0.2) is 18.2 Å². The summed E-state index contributed by atoms with van der Waals surface area (Å²) in [6.07, 6.45) is -3.52. The number of hydrogen-bond donors (Lipinski definition) is 1. The van der Waals surface area contributed by atoms with Crippen molar-refractivity contribution in [2.45, 2.75) is 31.6 Å². The summed E-state index contributed by atoms with van der Waals surface area (Å²) in [5.74, 6) is 1.28. The molecule has 22 heavy (non-hydrogen) atoms. The highest BCUT2D eigenvalue weighted by molar-refractivity contribution is 5.54. The predicted molar refractivity (Wildman–Crippen MR) is 78.7 cm³/mol. The maximum Gasteiger partial charge on any atom is 0.403 e. The van der Waals surface area contributed by atoms with E-state index in [1.165, 1.54) is 11.8 Å². The molecule has 0 aromatic heterocycles. The molecule has 1 aromatic rings. The lowest BCUT2D eigenvalue weighted by Crippen LogP contribution is -2.43. The van der Waals surface area contributed by atoms with Gasteiger partial charge in [-0.3, -0.25) is 4.90 Å². The molecule has 1 unspecified atom stereocenters. The number of nitrogens with zero attached hydrogens (tertiary/aromatic N) is 1. The van der Waals surface area contributed by atoms with Crippen molar-refractivity contribution in [2.24, 2.45) is 0 Å². The van der Waals surface area contributed by atoms with Crippen LogP contribution in [0.25, 0.3) is 0 Å². The average Bonchev–Trinajstić information content (AvgIpc) is 2.93. The second-order valence-corrected chi connectivity index (χ2v) is 5.44. The number of methoxy groups -OCH3 is 2. The summed E-state index contributed by atoms with van der Waals surface area (Å²) in [7, 11) is 3.11. The van der Waals surface area contributed by atoms with E-state index in [0.29, 0.717) is 31.0 Å². The van der Waals surface area contributed by atoms with E-state index in [4.69, 9.17) is 9.47 Å². The first-order valence-corrected chi connectivity index (χ1v) is 7.14. The van der Waals surface area contributed by atoms with Gasteiger partial charge < -0.3 is 14.8 Å². The number of nitrogens with one attached hydrogen (secondary N) is 1. The number of hydrogen-bond acceptors (Lipinski definition) is 4. The van der Waals surface area contributed by atoms with Crippen LogP contribution >= 0.6 is 0 Å². The van der Waals surface area contributed by atoms with Crippen LogP contribution < -0.4 is 14.8 Å². The SMILES string of the molecule is COc1cc(N[C@@H]2CCN(C(C)C(F)(F)F)C2)cc(OC)c1. The molecule has 1 aromatic carbocycles. The Balaban J connectivity index is 2.01. The van der Waals surface area contributed by atoms with Gasteiger partial charge in [-0.25, -0.2) is 0 Å². The Hall–Kier alpha value is -1.63. The first kappa shape index (κ1) is 16.7. The second-order valence-electron chi connectivity index (χ2n) is 5.44. The van der Waals surface area contributed by atoms with Crippen molar-refractivity contribution in [1.29, 1.82) is 0 Å². The highest BCUT2D eigenvalue weighted by atomic mass is 19.4. The van der Waals surface area contributed by atoms with Crippen LogP contribution in [0.3, 0.4) is 0 Å². The number of rotatable bonds is 5. The molecular weight excluding hydrogens is 297 g/mol. The first-order chi connectivity index (χ1) is 10.3. The molecule has 0 aliphatic carbocycles. The van der Waals surface area contributed by atoms with Gasteiger partial charge in [0, 0.05) is 43.0 Å². The number of likely N-dealkylation sites (tertiary alicyclic amines) is 1. The minimum absolute atomic E-state index is 0.0263. The number of anilines is 1. The average molecular weight is 318 g/mol. The molecule has 1 N–H and O–H groups in total. The van der Waals surface area contributed by atoms with Crippen LogP contribution in [0, 0.1) is 0 Å². The molecule has 0 bridgehead atoms. The minimum Gasteiger partial charge on any atom is -0.497 e. The van der Waals surface area contributed by atoms with Crippen LogP contribution in [-0.4, -0.2) is 50.5 Å². The van der Waals surface area contributed by atoms with Crippen LogP contribution in [0.1, 0.15) is 13.3 Å². The maximum atomic E-state index is 12.8. The van der Waals surface area contributed by atoms with Gasteiger partial charge in [0.15, 0.2) is 0 Å². The summed E-state index contributed by atoms with van der Waals surface area (Å²) < 4.78 is 48.6. The Kier molecular flexibility index (Phi) is 5.05. The first-order valence-electron chi connectivity index (χ1n) is 7.14. The van der Waals surface area contributed by atoms with E-state index in [-0.39, 0.29) is 6.04 Å². The van der Waals surface area contributed by atoms with E-state index in [2.05, 4.69) is 5.32 Å². The third-order valence-electron chi connectivity index (χ3n) is 3.96. The molecule has 2 atom stereocenters. The highest BCUT2D eigenvalue weighted by Crippen LogP contribution is 2.30. The lowest BCUT2D eigenvalue weighted by atomic mass is 10.2. The summed E-state index contributed by atoms with van der Waals surface area (Å²) in [6, 6.07) is 3.91. The Morgan fingerprint density at radius 3 is 2.27 bits per heavy atom. The van der Waals surface area contributed by atoms with Gasteiger partial charge in [-0.05, 0) is 13.3 Å². The third-order valence-corrected chi connectivity index (χ3v) is 3.96. The van der Waals surface area contributed by atoms with E-state index in [1.807, 2.05) is 0 Å². The molecule has 1 saturated heterocycles. The zero-order valence-electron chi connectivity index (χ0n) is 12.9. The van der Waals surface area contributed by atoms with Crippen molar-refractivity contribution in [3.8, 4) is 11.5 Å². The van der Waals surface area contributed by atoms with Gasteiger partial charge in [-0.2, -0.15) is 13.2 Å². The molecule has 1 heterocycles. The van der Waals surface area contributed by atoms with Crippen LogP contribution in [0.4, 0.5) is 18.9 Å². The summed E-state index contributed by atoms with van der Waals surface area (Å²) in [4.78, 5) is 1.45. The van der Waals surface area contributed by atoms with E-state index in [0.717, 1.165) is 5.69 Å². The molecule has 4 nitrogen and oxygen atoms in total. The van der Waals surface area contributed by atoms with E-state index in [9.17, 15) is 13.2 Å². The fourth-order valence-corrected chi connectivity index (χ4v) is 2.59. The number of benzene rings is 1. The van der Waals surface area contributed by atoms with Gasteiger partial charge in [-0.15, -0.1) is 0 Å². The van der Waals surface area contributed by atoms with Gasteiger partial charge in [0.05, 0.1) is 14.2 Å². The Morgan fingerprint density at radius 2 is 1.77 bits per heavy atom. The van der Waals surface area contributed by atoms with Crippen molar-refractivity contribution >= 4 is 5.69 Å². The van der Waals surface area contributed by atoms with Gasteiger partial charge in [0.2, 0.25) is 0 Å². The molecule has 0 radical (unpaired) electrons. The Labute approximate surface area is 128 Å². The zero-order valence-corrected chi connectivity index (χ0v) is 12.9. The predicted octanol–water partition coefficient (Wildman–Crippen LogP) is 3.14. The van der Waals surface area contributed by atoms with Gasteiger partial charge in [0.25, 0.3) is 0 Å². The normalized spacial score (nSPS) is 20.7. The van der Waals surface area contributed by atoms with Crippen molar-refractivity contribution < 1.29 is 22.6 Å². The molecule has 0 amide bonds. The molecule has 124 valence electrons. The minimum atomic E-state index is -4.19. The Morgan fingerprint density at radius 1 is 1.18 bits per heavy atom. The van der Waals surface area contributed by atoms with E-state index < -0.39 is 12.2 Å². The van der Waals surface area contributed by atoms with Gasteiger partial charge >= 0.3 is 6.18 Å². The number of halogens is 3.